The van der Waals surface area contributed by atoms with Crippen molar-refractivity contribution in [3.8, 4) is 0 Å². The normalized spacial score (nSPS) is 18.4. The molecule has 1 unspecified atom stereocenters. The zero-order valence-electron chi connectivity index (χ0n) is 9.78. The molecule has 0 aliphatic carbocycles. The van der Waals surface area contributed by atoms with E-state index >= 15 is 0 Å². The van der Waals surface area contributed by atoms with Crippen molar-refractivity contribution in [3.63, 3.8) is 0 Å². The highest BCUT2D eigenvalue weighted by Crippen LogP contribution is 2.21. The second-order valence-electron chi connectivity index (χ2n) is 4.32. The molecule has 1 aromatic heterocycles. The van der Waals surface area contributed by atoms with Gasteiger partial charge in [0.05, 0.1) is 5.92 Å². The number of carbonyl (C=O) groups excluding carboxylic acids is 1. The summed E-state index contributed by atoms with van der Waals surface area (Å²) in [6.07, 6.45) is 7.83. The molecule has 88 valence electrons. The molecule has 1 amide bonds. The summed E-state index contributed by atoms with van der Waals surface area (Å²) in [5, 5.41) is 0. The lowest BCUT2D eigenvalue weighted by Crippen LogP contribution is -2.39. The number of aromatic nitrogens is 2. The van der Waals surface area contributed by atoms with Crippen LogP contribution in [-0.4, -0.2) is 33.9 Å². The van der Waals surface area contributed by atoms with Gasteiger partial charge in [-0.2, -0.15) is 0 Å². The topological polar surface area (TPSA) is 49.0 Å². The predicted octanol–water partition coefficient (Wildman–Crippen LogP) is 1.92. The summed E-state index contributed by atoms with van der Waals surface area (Å²) >= 11 is 0. The molecule has 0 bridgehead atoms. The number of aromatic amines is 1. The third-order valence-electron chi connectivity index (χ3n) is 3.22. The van der Waals surface area contributed by atoms with Crippen LogP contribution in [0, 0.1) is 0 Å². The summed E-state index contributed by atoms with van der Waals surface area (Å²) in [4.78, 5) is 21.5. The van der Waals surface area contributed by atoms with Crippen molar-refractivity contribution in [2.45, 2.75) is 38.5 Å². The van der Waals surface area contributed by atoms with Gasteiger partial charge in [0.1, 0.15) is 5.82 Å². The van der Waals surface area contributed by atoms with Crippen molar-refractivity contribution >= 4 is 5.91 Å². The fourth-order valence-corrected chi connectivity index (χ4v) is 2.29. The van der Waals surface area contributed by atoms with E-state index in [0.29, 0.717) is 0 Å². The van der Waals surface area contributed by atoms with Crippen LogP contribution in [-0.2, 0) is 4.79 Å². The van der Waals surface area contributed by atoms with Gasteiger partial charge in [0, 0.05) is 25.5 Å². The van der Waals surface area contributed by atoms with Gasteiger partial charge in [-0.15, -0.1) is 0 Å². The van der Waals surface area contributed by atoms with Gasteiger partial charge in [-0.1, -0.05) is 6.92 Å². The van der Waals surface area contributed by atoms with E-state index in [1.807, 2.05) is 11.8 Å². The molecule has 16 heavy (non-hydrogen) atoms. The number of nitrogens with zero attached hydrogens (tertiary/aromatic N) is 2. The van der Waals surface area contributed by atoms with Crippen LogP contribution >= 0.6 is 0 Å². The highest BCUT2D eigenvalue weighted by atomic mass is 16.2. The van der Waals surface area contributed by atoms with E-state index in [0.717, 1.165) is 38.2 Å². The molecule has 1 aromatic rings. The Balaban J connectivity index is 2.06. The van der Waals surface area contributed by atoms with Crippen molar-refractivity contribution in [1.29, 1.82) is 0 Å². The standard InChI is InChI=1S/C12H19N3O/c1-2-10(11-13-6-7-14-11)12(16)15-8-4-3-5-9-15/h6-7,10H,2-5,8-9H2,1H3,(H,13,14). The van der Waals surface area contributed by atoms with E-state index in [2.05, 4.69) is 9.97 Å². The number of rotatable bonds is 3. The van der Waals surface area contributed by atoms with Gasteiger partial charge >= 0.3 is 0 Å². The number of carbonyl (C=O) groups is 1. The molecule has 0 saturated carbocycles. The van der Waals surface area contributed by atoms with Gasteiger partial charge < -0.3 is 9.88 Å². The van der Waals surface area contributed by atoms with Crippen molar-refractivity contribution < 1.29 is 4.79 Å². The summed E-state index contributed by atoms with van der Waals surface area (Å²) in [6, 6.07) is 0. The lowest BCUT2D eigenvalue weighted by molar-refractivity contribution is -0.134. The minimum absolute atomic E-state index is 0.0897. The van der Waals surface area contributed by atoms with Crippen molar-refractivity contribution in [2.24, 2.45) is 0 Å². The van der Waals surface area contributed by atoms with Crippen LogP contribution in [0.3, 0.4) is 0 Å². The Morgan fingerprint density at radius 2 is 2.25 bits per heavy atom. The number of imidazole rings is 1. The predicted molar refractivity (Wildman–Crippen MR) is 62.1 cm³/mol. The third-order valence-corrected chi connectivity index (χ3v) is 3.22. The molecule has 1 atom stereocenters. The van der Waals surface area contributed by atoms with Crippen molar-refractivity contribution in [1.82, 2.24) is 14.9 Å². The van der Waals surface area contributed by atoms with Crippen LogP contribution in [0.1, 0.15) is 44.3 Å². The first-order chi connectivity index (χ1) is 7.83. The van der Waals surface area contributed by atoms with Crippen LogP contribution in [0.15, 0.2) is 12.4 Å². The van der Waals surface area contributed by atoms with Crippen molar-refractivity contribution in [3.05, 3.63) is 18.2 Å². The van der Waals surface area contributed by atoms with Gasteiger partial charge in [-0.25, -0.2) is 4.98 Å². The molecule has 4 heteroatoms. The Hall–Kier alpha value is -1.32. The number of hydrogen-bond acceptors (Lipinski definition) is 2. The highest BCUT2D eigenvalue weighted by molar-refractivity contribution is 5.82. The Morgan fingerprint density at radius 3 is 2.81 bits per heavy atom. The van der Waals surface area contributed by atoms with Crippen LogP contribution in [0.4, 0.5) is 0 Å². The highest BCUT2D eigenvalue weighted by Gasteiger charge is 2.26. The number of piperidine rings is 1. The summed E-state index contributed by atoms with van der Waals surface area (Å²) in [7, 11) is 0. The first-order valence-corrected chi connectivity index (χ1v) is 6.11. The monoisotopic (exact) mass is 221 g/mol. The lowest BCUT2D eigenvalue weighted by atomic mass is 10.0. The molecule has 1 N–H and O–H groups in total. The number of nitrogens with one attached hydrogen (secondary N) is 1. The van der Waals surface area contributed by atoms with Crippen LogP contribution in [0.5, 0.6) is 0 Å². The average molecular weight is 221 g/mol. The van der Waals surface area contributed by atoms with Crippen LogP contribution in [0.25, 0.3) is 0 Å². The van der Waals surface area contributed by atoms with E-state index in [-0.39, 0.29) is 11.8 Å². The maximum Gasteiger partial charge on any atom is 0.233 e. The minimum Gasteiger partial charge on any atom is -0.348 e. The molecule has 0 spiro atoms. The first-order valence-electron chi connectivity index (χ1n) is 6.11. The van der Waals surface area contributed by atoms with Crippen LogP contribution in [0.2, 0.25) is 0 Å². The molecule has 0 aromatic carbocycles. The Morgan fingerprint density at radius 1 is 1.50 bits per heavy atom. The summed E-state index contributed by atoms with van der Waals surface area (Å²) < 4.78 is 0. The summed E-state index contributed by atoms with van der Waals surface area (Å²) in [5.41, 5.74) is 0. The zero-order chi connectivity index (χ0) is 11.4. The molecular weight excluding hydrogens is 202 g/mol. The maximum atomic E-state index is 12.3. The Bertz CT molecular complexity index is 328. The number of amides is 1. The molecule has 2 rings (SSSR count). The minimum atomic E-state index is -0.0897. The SMILES string of the molecule is CCC(C(=O)N1CCCCC1)c1ncc[nH]1. The largest absolute Gasteiger partial charge is 0.348 e. The van der Waals surface area contributed by atoms with E-state index < -0.39 is 0 Å². The smallest absolute Gasteiger partial charge is 0.233 e. The van der Waals surface area contributed by atoms with Gasteiger partial charge in [0.15, 0.2) is 0 Å². The van der Waals surface area contributed by atoms with Gasteiger partial charge in [0.2, 0.25) is 5.91 Å². The fraction of sp³-hybridized carbons (Fsp3) is 0.667. The second kappa shape index (κ2) is 5.14. The van der Waals surface area contributed by atoms with Crippen LogP contribution < -0.4 is 0 Å². The Kier molecular flexibility index (Phi) is 3.59. The second-order valence-corrected chi connectivity index (χ2v) is 4.32. The first kappa shape index (κ1) is 11.2. The van der Waals surface area contributed by atoms with Gasteiger partial charge in [-0.05, 0) is 25.7 Å². The van der Waals surface area contributed by atoms with Gasteiger partial charge in [-0.3, -0.25) is 4.79 Å². The van der Waals surface area contributed by atoms with E-state index in [4.69, 9.17) is 0 Å². The summed E-state index contributed by atoms with van der Waals surface area (Å²) in [5.74, 6) is 0.948. The Labute approximate surface area is 96.1 Å². The molecule has 2 heterocycles. The quantitative estimate of drug-likeness (QED) is 0.847. The lowest BCUT2D eigenvalue weighted by Gasteiger charge is -2.29. The molecule has 1 saturated heterocycles. The number of hydrogen-bond donors (Lipinski definition) is 1. The number of likely N-dealkylation sites (tertiary alicyclic amines) is 1. The van der Waals surface area contributed by atoms with Gasteiger partial charge in [0.25, 0.3) is 0 Å². The number of H-pyrrole nitrogens is 1. The molecular formula is C12H19N3O. The zero-order valence-corrected chi connectivity index (χ0v) is 9.78. The molecule has 1 aliphatic heterocycles. The van der Waals surface area contributed by atoms with E-state index in [1.54, 1.807) is 12.4 Å². The summed E-state index contributed by atoms with van der Waals surface area (Å²) in [6.45, 7) is 3.86. The van der Waals surface area contributed by atoms with E-state index in [9.17, 15) is 4.79 Å². The third kappa shape index (κ3) is 2.26. The van der Waals surface area contributed by atoms with Crippen molar-refractivity contribution in [2.75, 3.05) is 13.1 Å². The molecule has 1 aliphatic rings. The molecule has 0 radical (unpaired) electrons. The van der Waals surface area contributed by atoms with E-state index in [1.165, 1.54) is 6.42 Å². The maximum absolute atomic E-state index is 12.3. The molecule has 1 fully saturated rings. The average Bonchev–Trinajstić information content (AvgIpc) is 2.85. The molecule has 4 nitrogen and oxygen atoms in total. The fourth-order valence-electron chi connectivity index (χ4n) is 2.29.